The molecular formula is C17H20N2O6S2. The summed E-state index contributed by atoms with van der Waals surface area (Å²) < 4.78 is 28.1. The van der Waals surface area contributed by atoms with Gasteiger partial charge < -0.3 is 15.0 Å². The van der Waals surface area contributed by atoms with Crippen LogP contribution in [-0.4, -0.2) is 68.1 Å². The number of nitrogens with one attached hydrogen (secondary N) is 1. The molecule has 0 aliphatic carbocycles. The zero-order valence-electron chi connectivity index (χ0n) is 14.8. The molecule has 2 aliphatic rings. The number of carbonyl (C=O) groups excluding carboxylic acids is 3. The Morgan fingerprint density at radius 2 is 2.15 bits per heavy atom. The van der Waals surface area contributed by atoms with Gasteiger partial charge in [-0.05, 0) is 24.6 Å². The van der Waals surface area contributed by atoms with E-state index in [4.69, 9.17) is 4.74 Å². The molecule has 146 valence electrons. The largest absolute Gasteiger partial charge is 0.452 e. The van der Waals surface area contributed by atoms with Gasteiger partial charge in [-0.15, -0.1) is 11.8 Å². The first-order valence-corrected chi connectivity index (χ1v) is 11.3. The number of anilines is 1. The zero-order chi connectivity index (χ0) is 19.6. The normalized spacial score (nSPS) is 20.9. The number of likely N-dealkylation sites (N-methyl/N-ethyl adjacent to an activating group) is 1. The van der Waals surface area contributed by atoms with Crippen molar-refractivity contribution in [3.05, 3.63) is 23.8 Å². The number of carbonyl (C=O) groups is 3. The highest BCUT2D eigenvalue weighted by Crippen LogP contribution is 2.31. The van der Waals surface area contributed by atoms with E-state index in [0.717, 1.165) is 4.90 Å². The molecular weight excluding hydrogens is 392 g/mol. The Hall–Kier alpha value is -2.07. The Balaban J connectivity index is 1.59. The Kier molecular flexibility index (Phi) is 5.75. The van der Waals surface area contributed by atoms with Crippen LogP contribution in [0.2, 0.25) is 0 Å². The molecule has 0 spiro atoms. The van der Waals surface area contributed by atoms with Gasteiger partial charge >= 0.3 is 5.97 Å². The van der Waals surface area contributed by atoms with Gasteiger partial charge in [0.05, 0.1) is 22.8 Å². The number of sulfone groups is 1. The molecule has 27 heavy (non-hydrogen) atoms. The van der Waals surface area contributed by atoms with Crippen LogP contribution in [0.3, 0.4) is 0 Å². The van der Waals surface area contributed by atoms with E-state index in [2.05, 4.69) is 5.32 Å². The van der Waals surface area contributed by atoms with Crippen molar-refractivity contribution in [3.8, 4) is 0 Å². The summed E-state index contributed by atoms with van der Waals surface area (Å²) in [5, 5.41) is 2.75. The molecule has 0 aromatic heterocycles. The molecule has 2 aliphatic heterocycles. The Labute approximate surface area is 161 Å². The number of nitrogens with zero attached hydrogens (tertiary/aromatic N) is 1. The predicted octanol–water partition coefficient (Wildman–Crippen LogP) is 0.923. The predicted molar refractivity (Wildman–Crippen MR) is 101 cm³/mol. The van der Waals surface area contributed by atoms with E-state index in [9.17, 15) is 22.8 Å². The molecule has 1 atom stereocenters. The molecule has 1 N–H and O–H groups in total. The minimum Gasteiger partial charge on any atom is -0.452 e. The van der Waals surface area contributed by atoms with Gasteiger partial charge in [-0.3, -0.25) is 9.59 Å². The Morgan fingerprint density at radius 1 is 1.37 bits per heavy atom. The van der Waals surface area contributed by atoms with Crippen molar-refractivity contribution >= 4 is 45.1 Å². The van der Waals surface area contributed by atoms with Gasteiger partial charge in [0.1, 0.15) is 0 Å². The fourth-order valence-electron chi connectivity index (χ4n) is 2.94. The second-order valence-electron chi connectivity index (χ2n) is 6.50. The fraction of sp³-hybridized carbons (Fsp3) is 0.471. The van der Waals surface area contributed by atoms with Crippen LogP contribution in [0.5, 0.6) is 0 Å². The lowest BCUT2D eigenvalue weighted by Gasteiger charge is -2.23. The molecule has 1 aromatic carbocycles. The van der Waals surface area contributed by atoms with Gasteiger partial charge in [-0.2, -0.15) is 0 Å². The summed E-state index contributed by atoms with van der Waals surface area (Å²) in [7, 11) is -1.59. The first-order chi connectivity index (χ1) is 12.7. The van der Waals surface area contributed by atoms with Crippen molar-refractivity contribution in [2.45, 2.75) is 23.8 Å². The number of hydrogen-bond donors (Lipinski definition) is 1. The van der Waals surface area contributed by atoms with Crippen LogP contribution < -0.4 is 5.32 Å². The topological polar surface area (TPSA) is 110 Å². The van der Waals surface area contributed by atoms with Crippen LogP contribution >= 0.6 is 11.8 Å². The summed E-state index contributed by atoms with van der Waals surface area (Å²) >= 11 is 1.52. The van der Waals surface area contributed by atoms with Gasteiger partial charge in [0.2, 0.25) is 5.91 Å². The van der Waals surface area contributed by atoms with Crippen LogP contribution in [0, 0.1) is 0 Å². The van der Waals surface area contributed by atoms with Crippen LogP contribution in [0.1, 0.15) is 23.2 Å². The molecule has 0 saturated carbocycles. The molecule has 1 fully saturated rings. The SMILES string of the molecule is CN(C(=O)COC(=O)c1ccc2c(c1)NC(=O)CCS2)[C@H]1CCS(=O)(=O)C1. The van der Waals surface area contributed by atoms with Crippen molar-refractivity contribution in [1.29, 1.82) is 0 Å². The summed E-state index contributed by atoms with van der Waals surface area (Å²) in [6.07, 6.45) is 0.789. The maximum atomic E-state index is 12.2. The van der Waals surface area contributed by atoms with Crippen molar-refractivity contribution in [2.24, 2.45) is 0 Å². The molecule has 0 unspecified atom stereocenters. The first-order valence-electron chi connectivity index (χ1n) is 8.45. The van der Waals surface area contributed by atoms with Crippen molar-refractivity contribution < 1.29 is 27.5 Å². The smallest absolute Gasteiger partial charge is 0.338 e. The van der Waals surface area contributed by atoms with Crippen molar-refractivity contribution in [2.75, 3.05) is 36.2 Å². The van der Waals surface area contributed by atoms with Gasteiger partial charge in [-0.1, -0.05) is 0 Å². The lowest BCUT2D eigenvalue weighted by molar-refractivity contribution is -0.134. The van der Waals surface area contributed by atoms with E-state index >= 15 is 0 Å². The molecule has 2 heterocycles. The highest BCUT2D eigenvalue weighted by atomic mass is 32.2. The van der Waals surface area contributed by atoms with E-state index in [0.29, 0.717) is 24.3 Å². The van der Waals surface area contributed by atoms with E-state index in [1.165, 1.54) is 29.8 Å². The van der Waals surface area contributed by atoms with Crippen LogP contribution in [0.25, 0.3) is 0 Å². The third-order valence-electron chi connectivity index (χ3n) is 4.55. The Morgan fingerprint density at radius 3 is 2.85 bits per heavy atom. The minimum absolute atomic E-state index is 0.0634. The minimum atomic E-state index is -3.10. The maximum Gasteiger partial charge on any atom is 0.338 e. The lowest BCUT2D eigenvalue weighted by atomic mass is 10.2. The first kappa shape index (κ1) is 19.7. The molecule has 1 saturated heterocycles. The molecule has 0 bridgehead atoms. The summed E-state index contributed by atoms with van der Waals surface area (Å²) in [6, 6.07) is 4.47. The van der Waals surface area contributed by atoms with E-state index in [-0.39, 0.29) is 29.0 Å². The van der Waals surface area contributed by atoms with E-state index < -0.39 is 28.3 Å². The molecule has 1 aromatic rings. The quantitative estimate of drug-likeness (QED) is 0.733. The fourth-order valence-corrected chi connectivity index (χ4v) is 5.66. The zero-order valence-corrected chi connectivity index (χ0v) is 16.4. The van der Waals surface area contributed by atoms with Gasteiger partial charge in [0.25, 0.3) is 5.91 Å². The number of hydrogen-bond acceptors (Lipinski definition) is 7. The van der Waals surface area contributed by atoms with Gasteiger partial charge in [-0.25, -0.2) is 13.2 Å². The summed E-state index contributed by atoms with van der Waals surface area (Å²) in [6.45, 7) is -0.468. The number of benzene rings is 1. The monoisotopic (exact) mass is 412 g/mol. The van der Waals surface area contributed by atoms with E-state index in [1.54, 1.807) is 12.1 Å². The van der Waals surface area contributed by atoms with Gasteiger partial charge in [0, 0.05) is 30.2 Å². The highest BCUT2D eigenvalue weighted by Gasteiger charge is 2.33. The number of rotatable bonds is 4. The molecule has 2 amide bonds. The standard InChI is InChI=1S/C17H20N2O6S2/c1-19(12-5-7-27(23,24)10-12)16(21)9-25-17(22)11-2-3-14-13(8-11)18-15(20)4-6-26-14/h2-3,8,12H,4-7,9-10H2,1H3,(H,18,20)/t12-/m0/s1. The molecule has 8 nitrogen and oxygen atoms in total. The van der Waals surface area contributed by atoms with E-state index in [1.807, 2.05) is 0 Å². The highest BCUT2D eigenvalue weighted by molar-refractivity contribution is 7.99. The van der Waals surface area contributed by atoms with Crippen molar-refractivity contribution in [3.63, 3.8) is 0 Å². The summed E-state index contributed by atoms with van der Waals surface area (Å²) in [4.78, 5) is 38.3. The molecule has 10 heteroatoms. The van der Waals surface area contributed by atoms with Crippen LogP contribution in [-0.2, 0) is 24.2 Å². The number of thioether (sulfide) groups is 1. The summed E-state index contributed by atoms with van der Waals surface area (Å²) in [5.74, 6) is -0.583. The Bertz CT molecular complexity index is 883. The third-order valence-corrected chi connectivity index (χ3v) is 7.38. The maximum absolute atomic E-state index is 12.2. The second-order valence-corrected chi connectivity index (χ2v) is 9.86. The molecule has 3 rings (SSSR count). The number of ether oxygens (including phenoxy) is 1. The molecule has 0 radical (unpaired) electrons. The number of amides is 2. The summed E-state index contributed by atoms with van der Waals surface area (Å²) in [5.41, 5.74) is 0.784. The lowest BCUT2D eigenvalue weighted by Crippen LogP contribution is -2.40. The number of fused-ring (bicyclic) bond motifs is 1. The van der Waals surface area contributed by atoms with Crippen molar-refractivity contribution in [1.82, 2.24) is 4.90 Å². The van der Waals surface area contributed by atoms with Crippen LogP contribution in [0.4, 0.5) is 5.69 Å². The average Bonchev–Trinajstić information content (AvgIpc) is 2.88. The number of esters is 1. The second kappa shape index (κ2) is 7.89. The third kappa shape index (κ3) is 4.81. The average molecular weight is 412 g/mol. The van der Waals surface area contributed by atoms with Crippen LogP contribution in [0.15, 0.2) is 23.1 Å². The van der Waals surface area contributed by atoms with Gasteiger partial charge in [0.15, 0.2) is 16.4 Å².